The van der Waals surface area contributed by atoms with Crippen LogP contribution in [0, 0.1) is 5.82 Å². The van der Waals surface area contributed by atoms with Gasteiger partial charge in [0.1, 0.15) is 5.82 Å². The minimum Gasteiger partial charge on any atom is -0.360 e. The molecule has 5 heteroatoms. The summed E-state index contributed by atoms with van der Waals surface area (Å²) in [5, 5.41) is 1.26. The average molecular weight is 317 g/mol. The van der Waals surface area contributed by atoms with Crippen LogP contribution in [0.4, 0.5) is 10.1 Å². The molecule has 1 atom stereocenters. The highest BCUT2D eigenvalue weighted by atomic mass is 32.2. The number of para-hydroxylation sites is 1. The third-order valence-corrected chi connectivity index (χ3v) is 5.02. The summed E-state index contributed by atoms with van der Waals surface area (Å²) in [4.78, 5) is 1.98. The number of nitrogens with zero attached hydrogens (tertiary/aromatic N) is 1. The zero-order chi connectivity index (χ0) is 15.6. The maximum atomic E-state index is 13.4. The van der Waals surface area contributed by atoms with Crippen molar-refractivity contribution in [3.63, 3.8) is 0 Å². The quantitative estimate of drug-likeness (QED) is 0.869. The topological polar surface area (TPSA) is 37.4 Å². The van der Waals surface area contributed by atoms with Crippen molar-refractivity contribution >= 4 is 15.5 Å². The number of anilines is 1. The number of benzene rings is 2. The maximum Gasteiger partial charge on any atom is 0.173 e. The van der Waals surface area contributed by atoms with E-state index in [0.29, 0.717) is 6.54 Å². The number of rotatable bonds is 4. The molecule has 0 spiro atoms. The van der Waals surface area contributed by atoms with E-state index in [0.717, 1.165) is 11.3 Å². The molecule has 0 saturated heterocycles. The van der Waals surface area contributed by atoms with E-state index < -0.39 is 9.84 Å². The molecule has 0 unspecified atom stereocenters. The Morgan fingerprint density at radius 3 is 2.50 bits per heavy atom. The average Bonchev–Trinajstić information content (AvgIpc) is 2.86. The normalized spacial score (nSPS) is 19.2. The van der Waals surface area contributed by atoms with Crippen molar-refractivity contribution in [3.8, 4) is 0 Å². The SMILES string of the molecule is O=S1(=O)C=C[C@H](N(Cc2cccc(F)c2)c2ccccc2)C1. The van der Waals surface area contributed by atoms with Crippen molar-refractivity contribution in [2.24, 2.45) is 0 Å². The van der Waals surface area contributed by atoms with Crippen LogP contribution in [0.5, 0.6) is 0 Å². The van der Waals surface area contributed by atoms with E-state index in [1.165, 1.54) is 17.5 Å². The lowest BCUT2D eigenvalue weighted by Crippen LogP contribution is -2.35. The molecular weight excluding hydrogens is 301 g/mol. The molecule has 0 bridgehead atoms. The van der Waals surface area contributed by atoms with E-state index in [1.54, 1.807) is 12.1 Å². The molecule has 0 aliphatic carbocycles. The molecule has 2 aromatic carbocycles. The fraction of sp³-hybridized carbons (Fsp3) is 0.176. The summed E-state index contributed by atoms with van der Waals surface area (Å²) in [6.45, 7) is 0.451. The van der Waals surface area contributed by atoms with E-state index in [1.807, 2.05) is 41.3 Å². The van der Waals surface area contributed by atoms with Gasteiger partial charge in [-0.3, -0.25) is 0 Å². The van der Waals surface area contributed by atoms with Crippen LogP contribution < -0.4 is 4.90 Å². The molecule has 114 valence electrons. The molecule has 0 fully saturated rings. The predicted molar refractivity (Wildman–Crippen MR) is 85.7 cm³/mol. The summed E-state index contributed by atoms with van der Waals surface area (Å²) >= 11 is 0. The second-order valence-corrected chi connectivity index (χ2v) is 7.25. The van der Waals surface area contributed by atoms with Gasteiger partial charge in [0.2, 0.25) is 0 Å². The number of hydrogen-bond acceptors (Lipinski definition) is 3. The fourth-order valence-corrected chi connectivity index (χ4v) is 3.90. The number of halogens is 1. The highest BCUT2D eigenvalue weighted by Crippen LogP contribution is 2.24. The van der Waals surface area contributed by atoms with Gasteiger partial charge in [0, 0.05) is 17.6 Å². The van der Waals surface area contributed by atoms with Crippen LogP contribution in [0.3, 0.4) is 0 Å². The van der Waals surface area contributed by atoms with E-state index in [4.69, 9.17) is 0 Å². The van der Waals surface area contributed by atoms with Crippen LogP contribution in [0.15, 0.2) is 66.1 Å². The molecule has 2 aromatic rings. The lowest BCUT2D eigenvalue weighted by atomic mass is 10.1. The molecule has 0 radical (unpaired) electrons. The molecular formula is C17H16FNO2S. The first-order chi connectivity index (χ1) is 10.5. The summed E-state index contributed by atoms with van der Waals surface area (Å²) in [5.74, 6) is -0.239. The second-order valence-electron chi connectivity index (χ2n) is 5.32. The molecule has 0 aromatic heterocycles. The first-order valence-corrected chi connectivity index (χ1v) is 8.72. The zero-order valence-corrected chi connectivity index (χ0v) is 12.7. The van der Waals surface area contributed by atoms with Gasteiger partial charge in [0.25, 0.3) is 0 Å². The van der Waals surface area contributed by atoms with Crippen LogP contribution in [-0.2, 0) is 16.4 Å². The molecule has 1 aliphatic heterocycles. The van der Waals surface area contributed by atoms with E-state index in [-0.39, 0.29) is 17.6 Å². The van der Waals surface area contributed by atoms with Crippen LogP contribution in [0.25, 0.3) is 0 Å². The van der Waals surface area contributed by atoms with Gasteiger partial charge in [0.05, 0.1) is 11.8 Å². The molecule has 1 heterocycles. The summed E-state index contributed by atoms with van der Waals surface area (Å²) in [6.07, 6.45) is 1.70. The molecule has 1 aliphatic rings. The van der Waals surface area contributed by atoms with Gasteiger partial charge in [-0.05, 0) is 35.9 Å². The third kappa shape index (κ3) is 3.36. The van der Waals surface area contributed by atoms with Gasteiger partial charge in [-0.15, -0.1) is 0 Å². The van der Waals surface area contributed by atoms with E-state index in [9.17, 15) is 12.8 Å². The lowest BCUT2D eigenvalue weighted by molar-refractivity contribution is 0.600. The number of hydrogen-bond donors (Lipinski definition) is 0. The first-order valence-electron chi connectivity index (χ1n) is 7.01. The standard InChI is InChI=1S/C17H16FNO2S/c18-15-6-4-5-14(11-15)12-19(16-7-2-1-3-8-16)17-9-10-22(20,21)13-17/h1-11,17H,12-13H2/t17-/m0/s1. The summed E-state index contributed by atoms with van der Waals surface area (Å²) in [5.41, 5.74) is 1.72. The van der Waals surface area contributed by atoms with Crippen molar-refractivity contribution in [1.29, 1.82) is 0 Å². The predicted octanol–water partition coefficient (Wildman–Crippen LogP) is 3.14. The van der Waals surface area contributed by atoms with Crippen LogP contribution in [-0.4, -0.2) is 20.2 Å². The summed E-state index contributed by atoms with van der Waals surface area (Å²) in [6, 6.07) is 15.7. The molecule has 0 saturated carbocycles. The third-order valence-electron chi connectivity index (χ3n) is 3.64. The van der Waals surface area contributed by atoms with Gasteiger partial charge in [-0.25, -0.2) is 12.8 Å². The highest BCUT2D eigenvalue weighted by molar-refractivity contribution is 7.94. The minimum absolute atomic E-state index is 0.0528. The maximum absolute atomic E-state index is 13.4. The Labute approximate surface area is 129 Å². The van der Waals surface area contributed by atoms with Crippen molar-refractivity contribution in [2.75, 3.05) is 10.7 Å². The van der Waals surface area contributed by atoms with Gasteiger partial charge in [-0.2, -0.15) is 0 Å². The zero-order valence-electron chi connectivity index (χ0n) is 11.9. The molecule has 3 nitrogen and oxygen atoms in total. The van der Waals surface area contributed by atoms with Crippen LogP contribution >= 0.6 is 0 Å². The lowest BCUT2D eigenvalue weighted by Gasteiger charge is -2.30. The number of sulfone groups is 1. The Kier molecular flexibility index (Phi) is 3.98. The Morgan fingerprint density at radius 1 is 1.09 bits per heavy atom. The fourth-order valence-electron chi connectivity index (χ4n) is 2.60. The first kappa shape index (κ1) is 14.8. The van der Waals surface area contributed by atoms with Crippen molar-refractivity contribution in [2.45, 2.75) is 12.6 Å². The Hall–Kier alpha value is -2.14. The molecule has 3 rings (SSSR count). The molecule has 0 N–H and O–H groups in total. The Morgan fingerprint density at radius 2 is 1.86 bits per heavy atom. The second kappa shape index (κ2) is 5.93. The van der Waals surface area contributed by atoms with E-state index in [2.05, 4.69) is 0 Å². The largest absolute Gasteiger partial charge is 0.360 e. The van der Waals surface area contributed by atoms with Gasteiger partial charge >= 0.3 is 0 Å². The van der Waals surface area contributed by atoms with Gasteiger partial charge in [0.15, 0.2) is 9.84 Å². The van der Waals surface area contributed by atoms with Crippen molar-refractivity contribution in [1.82, 2.24) is 0 Å². The molecule has 22 heavy (non-hydrogen) atoms. The van der Waals surface area contributed by atoms with Gasteiger partial charge < -0.3 is 4.90 Å². The smallest absolute Gasteiger partial charge is 0.173 e. The van der Waals surface area contributed by atoms with Crippen LogP contribution in [0.1, 0.15) is 5.56 Å². The van der Waals surface area contributed by atoms with Gasteiger partial charge in [-0.1, -0.05) is 30.3 Å². The van der Waals surface area contributed by atoms with Crippen molar-refractivity contribution < 1.29 is 12.8 Å². The van der Waals surface area contributed by atoms with Crippen LogP contribution in [0.2, 0.25) is 0 Å². The highest BCUT2D eigenvalue weighted by Gasteiger charge is 2.27. The summed E-state index contributed by atoms with van der Waals surface area (Å²) in [7, 11) is -3.15. The Bertz CT molecular complexity index is 787. The minimum atomic E-state index is -3.15. The van der Waals surface area contributed by atoms with E-state index >= 15 is 0 Å². The monoisotopic (exact) mass is 317 g/mol. The summed E-state index contributed by atoms with van der Waals surface area (Å²) < 4.78 is 36.8. The van der Waals surface area contributed by atoms with Crippen molar-refractivity contribution in [3.05, 3.63) is 77.5 Å². The Balaban J connectivity index is 1.92. The molecule has 0 amide bonds.